The zero-order chi connectivity index (χ0) is 21.3. The van der Waals surface area contributed by atoms with Gasteiger partial charge in [-0.25, -0.2) is 4.79 Å². The predicted octanol–water partition coefficient (Wildman–Crippen LogP) is 5.62. The summed E-state index contributed by atoms with van der Waals surface area (Å²) >= 11 is 6.28. The van der Waals surface area contributed by atoms with Gasteiger partial charge in [-0.2, -0.15) is 18.2 Å². The highest BCUT2D eigenvalue weighted by atomic mass is 35.5. The van der Waals surface area contributed by atoms with E-state index in [4.69, 9.17) is 11.6 Å². The minimum Gasteiger partial charge on any atom is -0.342 e. The summed E-state index contributed by atoms with van der Waals surface area (Å²) in [5.41, 5.74) is 0.421. The molecule has 0 aliphatic heterocycles. The summed E-state index contributed by atoms with van der Waals surface area (Å²) in [6, 6.07) is 16.0. The van der Waals surface area contributed by atoms with Gasteiger partial charge in [0.1, 0.15) is 5.69 Å². The van der Waals surface area contributed by atoms with Crippen LogP contribution in [-0.2, 0) is 12.7 Å². The molecule has 30 heavy (non-hydrogen) atoms. The Morgan fingerprint density at radius 2 is 1.80 bits per heavy atom. The van der Waals surface area contributed by atoms with Gasteiger partial charge in [-0.3, -0.25) is 0 Å². The van der Waals surface area contributed by atoms with Crippen molar-refractivity contribution in [2.75, 3.05) is 0 Å². The molecule has 0 radical (unpaired) electrons. The molecule has 152 valence electrons. The second-order valence-electron chi connectivity index (χ2n) is 6.68. The van der Waals surface area contributed by atoms with E-state index in [-0.39, 0.29) is 5.69 Å². The highest BCUT2D eigenvalue weighted by Crippen LogP contribution is 2.28. The molecule has 4 nitrogen and oxygen atoms in total. The summed E-state index contributed by atoms with van der Waals surface area (Å²) < 4.78 is 40.8. The van der Waals surface area contributed by atoms with Gasteiger partial charge in [0.2, 0.25) is 0 Å². The maximum absolute atomic E-state index is 12.9. The number of halogens is 4. The molecule has 2 aromatic carbocycles. The summed E-state index contributed by atoms with van der Waals surface area (Å²) in [5, 5.41) is 1.57. The number of aromatic nitrogens is 3. The first-order valence-corrected chi connectivity index (χ1v) is 9.37. The van der Waals surface area contributed by atoms with Gasteiger partial charge >= 0.3 is 11.9 Å². The molecular formula is C22H15ClF3N3O. The van der Waals surface area contributed by atoms with Crippen LogP contribution in [0.2, 0.25) is 5.02 Å². The van der Waals surface area contributed by atoms with Crippen LogP contribution >= 0.6 is 11.6 Å². The molecule has 0 fully saturated rings. The van der Waals surface area contributed by atoms with Crippen molar-refractivity contribution in [2.45, 2.75) is 12.7 Å². The molecule has 2 heterocycles. The third-order valence-corrected chi connectivity index (χ3v) is 4.99. The summed E-state index contributed by atoms with van der Waals surface area (Å²) in [7, 11) is 0. The Morgan fingerprint density at radius 3 is 2.57 bits per heavy atom. The van der Waals surface area contributed by atoms with Crippen LogP contribution in [0.1, 0.15) is 22.5 Å². The Labute approximate surface area is 174 Å². The number of hydrogen-bond acceptors (Lipinski definition) is 2. The average molecular weight is 430 g/mol. The Balaban J connectivity index is 1.73. The van der Waals surface area contributed by atoms with Gasteiger partial charge in [0.15, 0.2) is 0 Å². The van der Waals surface area contributed by atoms with Crippen molar-refractivity contribution in [1.29, 1.82) is 0 Å². The molecule has 0 bridgehead atoms. The van der Waals surface area contributed by atoms with Crippen molar-refractivity contribution in [1.82, 2.24) is 14.5 Å². The minimum atomic E-state index is -4.66. The van der Waals surface area contributed by atoms with E-state index in [0.29, 0.717) is 11.6 Å². The van der Waals surface area contributed by atoms with E-state index in [0.717, 1.165) is 28.1 Å². The average Bonchev–Trinajstić information content (AvgIpc) is 3.05. The highest BCUT2D eigenvalue weighted by Gasteiger charge is 2.32. The normalized spacial score (nSPS) is 12.1. The van der Waals surface area contributed by atoms with Crippen molar-refractivity contribution in [2.24, 2.45) is 0 Å². The van der Waals surface area contributed by atoms with Crippen molar-refractivity contribution in [3.8, 4) is 0 Å². The van der Waals surface area contributed by atoms with Gasteiger partial charge in [-0.15, -0.1) is 0 Å². The Kier molecular flexibility index (Phi) is 5.22. The summed E-state index contributed by atoms with van der Waals surface area (Å²) in [6.45, 7) is 0.537. The van der Waals surface area contributed by atoms with Crippen LogP contribution in [0.25, 0.3) is 23.1 Å². The first-order chi connectivity index (χ1) is 14.3. The smallest absolute Gasteiger partial charge is 0.342 e. The summed E-state index contributed by atoms with van der Waals surface area (Å²) in [4.78, 5) is 16.8. The van der Waals surface area contributed by atoms with Gasteiger partial charge in [0.25, 0.3) is 0 Å². The molecular weight excluding hydrogens is 415 g/mol. The lowest BCUT2D eigenvalue weighted by molar-refractivity contribution is -0.141. The molecule has 0 atom stereocenters. The van der Waals surface area contributed by atoms with Gasteiger partial charge in [-0.05, 0) is 29.8 Å². The van der Waals surface area contributed by atoms with Crippen LogP contribution < -0.4 is 5.69 Å². The van der Waals surface area contributed by atoms with E-state index < -0.39 is 17.6 Å². The van der Waals surface area contributed by atoms with Crippen LogP contribution in [0.15, 0.2) is 65.6 Å². The van der Waals surface area contributed by atoms with Crippen LogP contribution in [0, 0.1) is 0 Å². The SMILES string of the molecule is O=c1nc(C=Cc2cn(Cc3ccccc3Cl)c3ccccc23)cc(C(F)(F)F)[nH]1. The van der Waals surface area contributed by atoms with E-state index >= 15 is 0 Å². The number of nitrogens with zero attached hydrogens (tertiary/aromatic N) is 2. The highest BCUT2D eigenvalue weighted by molar-refractivity contribution is 6.31. The number of para-hydroxylation sites is 1. The number of rotatable bonds is 4. The van der Waals surface area contributed by atoms with Gasteiger partial charge in [-0.1, -0.05) is 54.1 Å². The van der Waals surface area contributed by atoms with Crippen molar-refractivity contribution in [3.05, 3.63) is 98.8 Å². The topological polar surface area (TPSA) is 50.7 Å². The van der Waals surface area contributed by atoms with Gasteiger partial charge < -0.3 is 9.55 Å². The molecule has 0 saturated carbocycles. The maximum Gasteiger partial charge on any atom is 0.431 e. The lowest BCUT2D eigenvalue weighted by Gasteiger charge is -2.07. The molecule has 0 aliphatic rings. The summed E-state index contributed by atoms with van der Waals surface area (Å²) in [6.07, 6.45) is 0.275. The molecule has 2 aromatic heterocycles. The quantitative estimate of drug-likeness (QED) is 0.458. The first kappa shape index (κ1) is 20.0. The standard InChI is InChI=1S/C22H15ClF3N3O/c23-18-7-3-1-5-15(18)13-29-12-14(17-6-2-4-8-19(17)29)9-10-16-11-20(22(24,25)26)28-21(30)27-16/h1-12H,13H2,(H,27,28,30). The first-order valence-electron chi connectivity index (χ1n) is 8.99. The van der Waals surface area contributed by atoms with Crippen LogP contribution in [0.3, 0.4) is 0 Å². The Hall–Kier alpha value is -3.32. The molecule has 0 amide bonds. The Morgan fingerprint density at radius 1 is 1.07 bits per heavy atom. The fourth-order valence-corrected chi connectivity index (χ4v) is 3.43. The molecule has 0 saturated heterocycles. The summed E-state index contributed by atoms with van der Waals surface area (Å²) in [5.74, 6) is 0. The molecule has 1 N–H and O–H groups in total. The number of aromatic amines is 1. The third-order valence-electron chi connectivity index (χ3n) is 4.62. The van der Waals surface area contributed by atoms with Gasteiger partial charge in [0.05, 0.1) is 5.69 Å². The second-order valence-corrected chi connectivity index (χ2v) is 7.08. The molecule has 0 unspecified atom stereocenters. The predicted molar refractivity (Wildman–Crippen MR) is 111 cm³/mol. The minimum absolute atomic E-state index is 0.0750. The molecule has 0 aliphatic carbocycles. The van der Waals surface area contributed by atoms with Crippen LogP contribution in [0.5, 0.6) is 0 Å². The lowest BCUT2D eigenvalue weighted by Crippen LogP contribution is -2.19. The van der Waals surface area contributed by atoms with E-state index in [1.807, 2.05) is 59.3 Å². The van der Waals surface area contributed by atoms with Gasteiger partial charge in [0, 0.05) is 34.2 Å². The van der Waals surface area contributed by atoms with E-state index in [1.165, 1.54) is 6.08 Å². The van der Waals surface area contributed by atoms with E-state index in [2.05, 4.69) is 4.98 Å². The molecule has 4 rings (SSSR count). The molecule has 0 spiro atoms. The molecule has 4 aromatic rings. The number of hydrogen-bond donors (Lipinski definition) is 1. The number of fused-ring (bicyclic) bond motifs is 1. The monoisotopic (exact) mass is 429 g/mol. The second kappa shape index (κ2) is 7.84. The van der Waals surface area contributed by atoms with Crippen molar-refractivity contribution in [3.63, 3.8) is 0 Å². The van der Waals surface area contributed by atoms with E-state index in [1.54, 1.807) is 11.1 Å². The maximum atomic E-state index is 12.9. The number of alkyl halides is 3. The zero-order valence-corrected chi connectivity index (χ0v) is 16.2. The van der Waals surface area contributed by atoms with E-state index in [9.17, 15) is 18.0 Å². The Bertz CT molecular complexity index is 1300. The fraction of sp³-hybridized carbons (Fsp3) is 0.0909. The van der Waals surface area contributed by atoms with Crippen molar-refractivity contribution < 1.29 is 13.2 Å². The zero-order valence-electron chi connectivity index (χ0n) is 15.4. The third kappa shape index (κ3) is 4.16. The number of benzene rings is 2. The fourth-order valence-electron chi connectivity index (χ4n) is 3.24. The van der Waals surface area contributed by atoms with Crippen LogP contribution in [0.4, 0.5) is 13.2 Å². The van der Waals surface area contributed by atoms with Crippen LogP contribution in [-0.4, -0.2) is 14.5 Å². The van der Waals surface area contributed by atoms with Crippen molar-refractivity contribution >= 4 is 34.7 Å². The number of H-pyrrole nitrogens is 1. The number of nitrogens with one attached hydrogen (secondary N) is 1. The molecule has 8 heteroatoms. The lowest BCUT2D eigenvalue weighted by atomic mass is 10.1. The largest absolute Gasteiger partial charge is 0.431 e.